The summed E-state index contributed by atoms with van der Waals surface area (Å²) in [5.74, 6) is -0.887. The highest BCUT2D eigenvalue weighted by Crippen LogP contribution is 2.18. The SMILES string of the molecule is CN(C)CCNC(=O)c1cc2n(n1)CCN(Cc1ccccc1F)C2=O. The third kappa shape index (κ3) is 3.91. The smallest absolute Gasteiger partial charge is 0.272 e. The minimum absolute atomic E-state index is 0.195. The third-order valence-electron chi connectivity index (χ3n) is 4.26. The molecule has 8 heteroatoms. The summed E-state index contributed by atoms with van der Waals surface area (Å²) in [5.41, 5.74) is 1.04. The maximum atomic E-state index is 13.8. The van der Waals surface area contributed by atoms with E-state index in [9.17, 15) is 14.0 Å². The van der Waals surface area contributed by atoms with E-state index in [1.54, 1.807) is 27.8 Å². The molecule has 2 amide bonds. The highest BCUT2D eigenvalue weighted by Gasteiger charge is 2.28. The van der Waals surface area contributed by atoms with Crippen molar-refractivity contribution < 1.29 is 14.0 Å². The van der Waals surface area contributed by atoms with Gasteiger partial charge in [0.25, 0.3) is 11.8 Å². The molecule has 3 rings (SSSR count). The van der Waals surface area contributed by atoms with E-state index in [0.29, 0.717) is 37.4 Å². The van der Waals surface area contributed by atoms with Gasteiger partial charge in [-0.15, -0.1) is 0 Å². The van der Waals surface area contributed by atoms with Crippen LogP contribution in [0.5, 0.6) is 0 Å². The molecule has 0 spiro atoms. The average molecular weight is 359 g/mol. The number of fused-ring (bicyclic) bond motifs is 1. The van der Waals surface area contributed by atoms with Gasteiger partial charge in [-0.2, -0.15) is 5.10 Å². The number of likely N-dealkylation sites (N-methyl/N-ethyl adjacent to an activating group) is 1. The van der Waals surface area contributed by atoms with Crippen molar-refractivity contribution in [2.75, 3.05) is 33.7 Å². The van der Waals surface area contributed by atoms with E-state index in [0.717, 1.165) is 0 Å². The van der Waals surface area contributed by atoms with Crippen molar-refractivity contribution >= 4 is 11.8 Å². The molecule has 26 heavy (non-hydrogen) atoms. The van der Waals surface area contributed by atoms with Crippen LogP contribution in [0.3, 0.4) is 0 Å². The Morgan fingerprint density at radius 1 is 1.31 bits per heavy atom. The van der Waals surface area contributed by atoms with Crippen molar-refractivity contribution in [2.45, 2.75) is 13.1 Å². The molecule has 0 unspecified atom stereocenters. The number of carbonyl (C=O) groups is 2. The summed E-state index contributed by atoms with van der Waals surface area (Å²) in [7, 11) is 3.84. The molecule has 0 atom stereocenters. The second kappa shape index (κ2) is 7.65. The number of nitrogens with zero attached hydrogens (tertiary/aromatic N) is 4. The van der Waals surface area contributed by atoms with Gasteiger partial charge in [-0.1, -0.05) is 18.2 Å². The Morgan fingerprint density at radius 2 is 2.08 bits per heavy atom. The second-order valence-electron chi connectivity index (χ2n) is 6.52. The standard InChI is InChI=1S/C18H22FN5O2/c1-22(2)8-7-20-17(25)15-11-16-18(26)23(9-10-24(16)21-15)12-13-5-3-4-6-14(13)19/h3-6,11H,7-10,12H2,1-2H3,(H,20,25). The number of amides is 2. The van der Waals surface area contributed by atoms with Crippen LogP contribution in [0.25, 0.3) is 0 Å². The first-order valence-electron chi connectivity index (χ1n) is 8.49. The van der Waals surface area contributed by atoms with Gasteiger partial charge in [0.2, 0.25) is 0 Å². The Balaban J connectivity index is 1.69. The molecule has 2 heterocycles. The predicted molar refractivity (Wildman–Crippen MR) is 94.3 cm³/mol. The molecule has 138 valence electrons. The van der Waals surface area contributed by atoms with Crippen molar-refractivity contribution in [2.24, 2.45) is 0 Å². The minimum Gasteiger partial charge on any atom is -0.349 e. The van der Waals surface area contributed by atoms with Gasteiger partial charge in [-0.25, -0.2) is 4.39 Å². The highest BCUT2D eigenvalue weighted by molar-refractivity contribution is 5.98. The zero-order valence-electron chi connectivity index (χ0n) is 14.9. The Bertz CT molecular complexity index is 818. The second-order valence-corrected chi connectivity index (χ2v) is 6.52. The van der Waals surface area contributed by atoms with Crippen LogP contribution in [0.1, 0.15) is 26.5 Å². The van der Waals surface area contributed by atoms with Crippen LogP contribution >= 0.6 is 0 Å². The molecule has 0 aliphatic carbocycles. The molecule has 0 radical (unpaired) electrons. The van der Waals surface area contributed by atoms with Gasteiger partial charge in [0.1, 0.15) is 11.5 Å². The molecule has 2 aromatic rings. The molecule has 0 saturated carbocycles. The lowest BCUT2D eigenvalue weighted by Gasteiger charge is -2.27. The van der Waals surface area contributed by atoms with E-state index in [1.165, 1.54) is 12.1 Å². The number of carbonyl (C=O) groups excluding carboxylic acids is 2. The first-order chi connectivity index (χ1) is 12.5. The van der Waals surface area contributed by atoms with Gasteiger partial charge in [-0.3, -0.25) is 14.3 Å². The van der Waals surface area contributed by atoms with Crippen LogP contribution < -0.4 is 5.32 Å². The lowest BCUT2D eigenvalue weighted by molar-refractivity contribution is 0.0681. The van der Waals surface area contributed by atoms with E-state index in [2.05, 4.69) is 10.4 Å². The molecule has 1 aromatic carbocycles. The number of hydrogen-bond donors (Lipinski definition) is 1. The Labute approximate surface area is 151 Å². The summed E-state index contributed by atoms with van der Waals surface area (Å²) in [5, 5.41) is 7.01. The van der Waals surface area contributed by atoms with Crippen LogP contribution in [-0.2, 0) is 13.1 Å². The molecule has 0 saturated heterocycles. The van der Waals surface area contributed by atoms with Gasteiger partial charge in [0.15, 0.2) is 5.69 Å². The fourth-order valence-electron chi connectivity index (χ4n) is 2.82. The normalized spacial score (nSPS) is 13.8. The van der Waals surface area contributed by atoms with Crippen molar-refractivity contribution in [3.63, 3.8) is 0 Å². The summed E-state index contributed by atoms with van der Waals surface area (Å²) >= 11 is 0. The number of nitrogens with one attached hydrogen (secondary N) is 1. The summed E-state index contributed by atoms with van der Waals surface area (Å²) < 4.78 is 15.4. The first-order valence-corrected chi connectivity index (χ1v) is 8.49. The fraction of sp³-hybridized carbons (Fsp3) is 0.389. The Morgan fingerprint density at radius 3 is 2.81 bits per heavy atom. The van der Waals surface area contributed by atoms with Crippen molar-refractivity contribution in [3.05, 3.63) is 53.1 Å². The monoisotopic (exact) mass is 359 g/mol. The topological polar surface area (TPSA) is 70.5 Å². The lowest BCUT2D eigenvalue weighted by Crippen LogP contribution is -2.40. The average Bonchev–Trinajstić information content (AvgIpc) is 3.04. The number of halogens is 1. The molecule has 0 fully saturated rings. The Hall–Kier alpha value is -2.74. The van der Waals surface area contributed by atoms with Gasteiger partial charge in [0.05, 0.1) is 6.54 Å². The van der Waals surface area contributed by atoms with Crippen LogP contribution in [0.15, 0.2) is 30.3 Å². The summed E-state index contributed by atoms with van der Waals surface area (Å²) in [6.07, 6.45) is 0. The summed E-state index contributed by atoms with van der Waals surface area (Å²) in [6.45, 7) is 2.31. The van der Waals surface area contributed by atoms with Crippen LogP contribution in [-0.4, -0.2) is 65.1 Å². The van der Waals surface area contributed by atoms with Crippen LogP contribution in [0.4, 0.5) is 4.39 Å². The molecular formula is C18H22FN5O2. The van der Waals surface area contributed by atoms with E-state index in [-0.39, 0.29) is 29.9 Å². The maximum Gasteiger partial charge on any atom is 0.272 e. The van der Waals surface area contributed by atoms with Gasteiger partial charge < -0.3 is 15.1 Å². The molecular weight excluding hydrogens is 337 g/mol. The van der Waals surface area contributed by atoms with Gasteiger partial charge in [-0.05, 0) is 20.2 Å². The number of aromatic nitrogens is 2. The minimum atomic E-state index is -0.333. The largest absolute Gasteiger partial charge is 0.349 e. The van der Waals surface area contributed by atoms with Crippen LogP contribution in [0, 0.1) is 5.82 Å². The molecule has 1 aliphatic rings. The molecule has 1 N–H and O–H groups in total. The summed E-state index contributed by atoms with van der Waals surface area (Å²) in [6, 6.07) is 7.91. The third-order valence-corrected chi connectivity index (χ3v) is 4.26. The maximum absolute atomic E-state index is 13.8. The van der Waals surface area contributed by atoms with E-state index >= 15 is 0 Å². The van der Waals surface area contributed by atoms with E-state index in [1.807, 2.05) is 19.0 Å². The lowest BCUT2D eigenvalue weighted by atomic mass is 10.1. The zero-order valence-corrected chi connectivity index (χ0v) is 14.9. The fourth-order valence-corrected chi connectivity index (χ4v) is 2.82. The van der Waals surface area contributed by atoms with Crippen molar-refractivity contribution in [1.82, 2.24) is 24.9 Å². The predicted octanol–water partition coefficient (Wildman–Crippen LogP) is 0.970. The van der Waals surface area contributed by atoms with E-state index < -0.39 is 0 Å². The van der Waals surface area contributed by atoms with Gasteiger partial charge >= 0.3 is 0 Å². The van der Waals surface area contributed by atoms with E-state index in [4.69, 9.17) is 0 Å². The quantitative estimate of drug-likeness (QED) is 0.834. The zero-order chi connectivity index (χ0) is 18.7. The highest BCUT2D eigenvalue weighted by atomic mass is 19.1. The van der Waals surface area contributed by atoms with Crippen LogP contribution in [0.2, 0.25) is 0 Å². The van der Waals surface area contributed by atoms with Gasteiger partial charge in [0, 0.05) is 37.8 Å². The number of rotatable bonds is 6. The molecule has 7 nitrogen and oxygen atoms in total. The number of benzene rings is 1. The van der Waals surface area contributed by atoms with Crippen molar-refractivity contribution in [3.8, 4) is 0 Å². The van der Waals surface area contributed by atoms with Crippen molar-refractivity contribution in [1.29, 1.82) is 0 Å². The number of hydrogen-bond acceptors (Lipinski definition) is 4. The summed E-state index contributed by atoms with van der Waals surface area (Å²) in [4.78, 5) is 28.4. The molecule has 1 aromatic heterocycles. The first kappa shape index (κ1) is 18.1. The Kier molecular flexibility index (Phi) is 5.32. The molecule has 0 bridgehead atoms. The molecule has 1 aliphatic heterocycles.